The first-order valence-corrected chi connectivity index (χ1v) is 5.35. The Hall–Kier alpha value is -1.44. The summed E-state index contributed by atoms with van der Waals surface area (Å²) in [5.41, 5.74) is 0.878. The quantitative estimate of drug-likeness (QED) is 0.809. The third kappa shape index (κ3) is 2.46. The van der Waals surface area contributed by atoms with Crippen LogP contribution in [-0.2, 0) is 11.3 Å². The number of rotatable bonds is 5. The number of H-pyrrole nitrogens is 1. The first kappa shape index (κ1) is 12.0. The molecule has 8 heteroatoms. The maximum Gasteiger partial charge on any atom is 0.142 e. The summed E-state index contributed by atoms with van der Waals surface area (Å²) in [4.78, 5) is 0. The lowest BCUT2D eigenvalue weighted by atomic mass is 10.2. The van der Waals surface area contributed by atoms with Crippen molar-refractivity contribution in [1.82, 2.24) is 25.2 Å². The van der Waals surface area contributed by atoms with Crippen LogP contribution in [0.15, 0.2) is 12.4 Å². The van der Waals surface area contributed by atoms with Gasteiger partial charge in [0.05, 0.1) is 36.3 Å². The van der Waals surface area contributed by atoms with Crippen LogP contribution in [0.25, 0.3) is 0 Å². The van der Waals surface area contributed by atoms with Crippen LogP contribution in [-0.4, -0.2) is 44.0 Å². The number of halogens is 1. The topological polar surface area (TPSA) is 88.9 Å². The normalized spacial score (nSPS) is 12.9. The van der Waals surface area contributed by atoms with Crippen LogP contribution in [0.3, 0.4) is 0 Å². The third-order valence-corrected chi connectivity index (χ3v) is 2.60. The van der Waals surface area contributed by atoms with E-state index in [-0.39, 0.29) is 0 Å². The summed E-state index contributed by atoms with van der Waals surface area (Å²) >= 11 is 5.99. The maximum absolute atomic E-state index is 10.1. The average Bonchev–Trinajstić information content (AvgIpc) is 2.95. The minimum absolute atomic E-state index is 0.386. The van der Waals surface area contributed by atoms with E-state index in [1.165, 1.54) is 12.4 Å². The molecule has 0 aromatic carbocycles. The minimum Gasteiger partial charge on any atom is -0.383 e. The monoisotopic (exact) mass is 257 g/mol. The molecule has 17 heavy (non-hydrogen) atoms. The molecule has 2 N–H and O–H groups in total. The van der Waals surface area contributed by atoms with Gasteiger partial charge in [0.2, 0.25) is 0 Å². The molecule has 0 amide bonds. The van der Waals surface area contributed by atoms with E-state index >= 15 is 0 Å². The SMILES string of the molecule is COCCn1ncc(Cl)c1C(O)c1cn[nH]n1. The van der Waals surface area contributed by atoms with Gasteiger partial charge in [0.15, 0.2) is 0 Å². The number of nitrogens with one attached hydrogen (secondary N) is 1. The lowest BCUT2D eigenvalue weighted by Gasteiger charge is -2.11. The Morgan fingerprint density at radius 2 is 2.41 bits per heavy atom. The summed E-state index contributed by atoms with van der Waals surface area (Å²) in [7, 11) is 1.60. The van der Waals surface area contributed by atoms with Crippen LogP contribution >= 0.6 is 11.6 Å². The second kappa shape index (κ2) is 5.26. The van der Waals surface area contributed by atoms with Crippen molar-refractivity contribution < 1.29 is 9.84 Å². The van der Waals surface area contributed by atoms with Crippen molar-refractivity contribution in [2.24, 2.45) is 0 Å². The number of aliphatic hydroxyl groups excluding tert-OH is 1. The molecular weight excluding hydrogens is 246 g/mol. The van der Waals surface area contributed by atoms with Crippen molar-refractivity contribution in [3.05, 3.63) is 28.8 Å². The molecule has 1 atom stereocenters. The summed E-state index contributed by atoms with van der Waals surface area (Å²) < 4.78 is 6.55. The standard InChI is InChI=1S/C9H12ClN5O2/c1-17-3-2-15-8(6(10)4-12-15)9(16)7-5-11-14-13-7/h4-5,9,16H,2-3H2,1H3,(H,11,13,14). The molecule has 7 nitrogen and oxygen atoms in total. The summed E-state index contributed by atoms with van der Waals surface area (Å²) in [5, 5.41) is 24.5. The Kier molecular flexibility index (Phi) is 3.72. The fourth-order valence-corrected chi connectivity index (χ4v) is 1.73. The van der Waals surface area contributed by atoms with E-state index in [0.717, 1.165) is 0 Å². The van der Waals surface area contributed by atoms with Gasteiger partial charge in [-0.25, -0.2) is 0 Å². The zero-order chi connectivity index (χ0) is 12.3. The van der Waals surface area contributed by atoms with Crippen molar-refractivity contribution >= 4 is 11.6 Å². The molecule has 0 bridgehead atoms. The summed E-state index contributed by atoms with van der Waals surface area (Å²) in [5.74, 6) is 0. The van der Waals surface area contributed by atoms with Crippen molar-refractivity contribution in [1.29, 1.82) is 0 Å². The number of hydrogen-bond donors (Lipinski definition) is 2. The number of aliphatic hydroxyl groups is 1. The maximum atomic E-state index is 10.1. The first-order valence-electron chi connectivity index (χ1n) is 4.98. The largest absolute Gasteiger partial charge is 0.383 e. The molecule has 2 aromatic rings. The number of aromatic nitrogens is 5. The molecule has 1 unspecified atom stereocenters. The van der Waals surface area contributed by atoms with Crippen LogP contribution < -0.4 is 0 Å². The lowest BCUT2D eigenvalue weighted by Crippen LogP contribution is -2.13. The number of nitrogens with zero attached hydrogens (tertiary/aromatic N) is 4. The lowest BCUT2D eigenvalue weighted by molar-refractivity contribution is 0.170. The molecule has 2 heterocycles. The molecule has 0 aliphatic carbocycles. The molecular formula is C9H12ClN5O2. The van der Waals surface area contributed by atoms with E-state index in [2.05, 4.69) is 20.5 Å². The van der Waals surface area contributed by atoms with E-state index in [1.807, 2.05) is 0 Å². The second-order valence-electron chi connectivity index (χ2n) is 3.39. The number of aromatic amines is 1. The Balaban J connectivity index is 2.27. The van der Waals surface area contributed by atoms with E-state index < -0.39 is 6.10 Å². The van der Waals surface area contributed by atoms with Crippen LogP contribution in [0.5, 0.6) is 0 Å². The molecule has 0 radical (unpaired) electrons. The second-order valence-corrected chi connectivity index (χ2v) is 3.80. The first-order chi connectivity index (χ1) is 8.24. The Bertz CT molecular complexity index is 470. The fourth-order valence-electron chi connectivity index (χ4n) is 1.48. The highest BCUT2D eigenvalue weighted by Crippen LogP contribution is 2.26. The van der Waals surface area contributed by atoms with Gasteiger partial charge in [0.25, 0.3) is 0 Å². The van der Waals surface area contributed by atoms with Crippen LogP contribution in [0.4, 0.5) is 0 Å². The molecule has 0 aliphatic rings. The molecule has 2 aromatic heterocycles. The van der Waals surface area contributed by atoms with Crippen LogP contribution in [0, 0.1) is 0 Å². The number of hydrogen-bond acceptors (Lipinski definition) is 5. The highest BCUT2D eigenvalue weighted by Gasteiger charge is 2.21. The molecule has 0 fully saturated rings. The van der Waals surface area contributed by atoms with Crippen molar-refractivity contribution in [2.45, 2.75) is 12.6 Å². The van der Waals surface area contributed by atoms with E-state index in [4.69, 9.17) is 16.3 Å². The molecule has 0 saturated heterocycles. The van der Waals surface area contributed by atoms with Crippen molar-refractivity contribution in [3.8, 4) is 0 Å². The van der Waals surface area contributed by atoms with Crippen molar-refractivity contribution in [3.63, 3.8) is 0 Å². The zero-order valence-corrected chi connectivity index (χ0v) is 9.92. The van der Waals surface area contributed by atoms with Gasteiger partial charge in [-0.1, -0.05) is 11.6 Å². The van der Waals surface area contributed by atoms with Gasteiger partial charge in [-0.3, -0.25) is 4.68 Å². The molecule has 0 aliphatic heterocycles. The van der Waals surface area contributed by atoms with Gasteiger partial charge in [-0.15, -0.1) is 0 Å². The highest BCUT2D eigenvalue weighted by atomic mass is 35.5. The number of ether oxygens (including phenoxy) is 1. The average molecular weight is 258 g/mol. The highest BCUT2D eigenvalue weighted by molar-refractivity contribution is 6.31. The summed E-state index contributed by atoms with van der Waals surface area (Å²) in [6.07, 6.45) is 1.96. The van der Waals surface area contributed by atoms with Gasteiger partial charge in [-0.2, -0.15) is 20.5 Å². The fraction of sp³-hybridized carbons (Fsp3) is 0.444. The summed E-state index contributed by atoms with van der Waals surface area (Å²) in [6.45, 7) is 0.990. The van der Waals surface area contributed by atoms with Gasteiger partial charge in [-0.05, 0) is 0 Å². The third-order valence-electron chi connectivity index (χ3n) is 2.31. The van der Waals surface area contributed by atoms with Gasteiger partial charge in [0, 0.05) is 7.11 Å². The Morgan fingerprint density at radius 3 is 3.06 bits per heavy atom. The predicted octanol–water partition coefficient (Wildman–Crippen LogP) is 0.383. The van der Waals surface area contributed by atoms with E-state index in [1.54, 1.807) is 11.8 Å². The zero-order valence-electron chi connectivity index (χ0n) is 9.17. The molecule has 92 valence electrons. The van der Waals surface area contributed by atoms with E-state index in [0.29, 0.717) is 29.6 Å². The van der Waals surface area contributed by atoms with Gasteiger partial charge >= 0.3 is 0 Å². The van der Waals surface area contributed by atoms with Crippen molar-refractivity contribution in [2.75, 3.05) is 13.7 Å². The Labute approximate surface area is 102 Å². The van der Waals surface area contributed by atoms with Gasteiger partial charge < -0.3 is 9.84 Å². The predicted molar refractivity (Wildman–Crippen MR) is 59.6 cm³/mol. The molecule has 0 spiro atoms. The Morgan fingerprint density at radius 1 is 1.59 bits per heavy atom. The molecule has 0 saturated carbocycles. The van der Waals surface area contributed by atoms with Crippen LogP contribution in [0.1, 0.15) is 17.5 Å². The van der Waals surface area contributed by atoms with E-state index in [9.17, 15) is 5.11 Å². The molecule has 2 rings (SSSR count). The summed E-state index contributed by atoms with van der Waals surface area (Å²) in [6, 6.07) is 0. The minimum atomic E-state index is -0.958. The smallest absolute Gasteiger partial charge is 0.142 e. The number of methoxy groups -OCH3 is 1. The van der Waals surface area contributed by atoms with Crippen LogP contribution in [0.2, 0.25) is 5.02 Å². The van der Waals surface area contributed by atoms with Gasteiger partial charge in [0.1, 0.15) is 11.8 Å².